The molecule has 2 aromatic heterocycles. The second-order valence-corrected chi connectivity index (χ2v) is 9.09. The molecule has 7 nitrogen and oxygen atoms in total. The summed E-state index contributed by atoms with van der Waals surface area (Å²) in [5.41, 5.74) is 11.4. The predicted octanol–water partition coefficient (Wildman–Crippen LogP) is 2.72. The minimum Gasteiger partial charge on any atom is -0.397 e. The zero-order valence-electron chi connectivity index (χ0n) is 19.0. The predicted molar refractivity (Wildman–Crippen MR) is 132 cm³/mol. The molecule has 168 valence electrons. The van der Waals surface area contributed by atoms with Crippen molar-refractivity contribution in [2.45, 2.75) is 32.5 Å². The first-order chi connectivity index (χ1) is 15.6. The molecule has 0 spiro atoms. The molecule has 2 aliphatic rings. The topological polar surface area (TPSA) is 73.6 Å². The molecule has 7 heteroatoms. The molecule has 3 N–H and O–H groups in total. The third-order valence-electron chi connectivity index (χ3n) is 6.86. The number of nitrogens with two attached hydrogens (primary N) is 1. The van der Waals surface area contributed by atoms with Crippen LogP contribution in [0.3, 0.4) is 0 Å². The summed E-state index contributed by atoms with van der Waals surface area (Å²) in [6.45, 7) is 11.6. The van der Waals surface area contributed by atoms with Crippen LogP contribution in [0.4, 0.5) is 17.1 Å². The number of aromatic nitrogens is 2. The number of nitrogens with zero attached hydrogens (tertiary/aromatic N) is 5. The van der Waals surface area contributed by atoms with E-state index in [-0.39, 0.29) is 0 Å². The Kier molecular flexibility index (Phi) is 5.85. The van der Waals surface area contributed by atoms with Crippen molar-refractivity contribution < 1.29 is 0 Å². The van der Waals surface area contributed by atoms with Crippen LogP contribution in [0, 0.1) is 0 Å². The lowest BCUT2D eigenvalue weighted by Crippen LogP contribution is -2.56. The van der Waals surface area contributed by atoms with Crippen molar-refractivity contribution in [3.05, 3.63) is 54.5 Å². The number of pyridine rings is 2. The summed E-state index contributed by atoms with van der Waals surface area (Å²) in [5, 5.41) is 4.54. The van der Waals surface area contributed by atoms with Crippen molar-refractivity contribution in [1.82, 2.24) is 20.2 Å². The molecule has 2 aliphatic heterocycles. The van der Waals surface area contributed by atoms with E-state index >= 15 is 0 Å². The number of fused-ring (bicyclic) bond motifs is 1. The van der Waals surface area contributed by atoms with Gasteiger partial charge in [-0.2, -0.15) is 0 Å². The van der Waals surface area contributed by atoms with Gasteiger partial charge in [0, 0.05) is 75.2 Å². The van der Waals surface area contributed by atoms with Crippen LogP contribution in [0.2, 0.25) is 0 Å². The van der Waals surface area contributed by atoms with Gasteiger partial charge >= 0.3 is 0 Å². The van der Waals surface area contributed by atoms with E-state index in [1.807, 2.05) is 24.5 Å². The van der Waals surface area contributed by atoms with Gasteiger partial charge in [0.15, 0.2) is 0 Å². The number of benzene rings is 1. The third kappa shape index (κ3) is 4.10. The van der Waals surface area contributed by atoms with Crippen molar-refractivity contribution in [3.8, 4) is 0 Å². The summed E-state index contributed by atoms with van der Waals surface area (Å²) < 4.78 is 0. The van der Waals surface area contributed by atoms with Crippen LogP contribution in [-0.4, -0.2) is 66.2 Å². The minimum absolute atomic E-state index is 0.415. The molecule has 32 heavy (non-hydrogen) atoms. The number of hydrogen-bond acceptors (Lipinski definition) is 7. The van der Waals surface area contributed by atoms with Crippen LogP contribution in [0.5, 0.6) is 0 Å². The number of rotatable bonds is 4. The van der Waals surface area contributed by atoms with Crippen molar-refractivity contribution in [3.63, 3.8) is 0 Å². The number of nitrogen functional groups attached to an aromatic ring is 1. The molecular weight excluding hydrogens is 398 g/mol. The largest absolute Gasteiger partial charge is 0.397 e. The van der Waals surface area contributed by atoms with E-state index < -0.39 is 0 Å². The SMILES string of the molecule is C[C@@H]1CN(c2ccc(N)c3ncccc23)C[C@H](C)N1Cc1ccc(N2CCNCC2)cn1. The van der Waals surface area contributed by atoms with Crippen molar-refractivity contribution in [2.24, 2.45) is 0 Å². The van der Waals surface area contributed by atoms with Gasteiger partial charge in [-0.15, -0.1) is 0 Å². The van der Waals surface area contributed by atoms with Crippen LogP contribution < -0.4 is 20.9 Å². The number of anilines is 3. The van der Waals surface area contributed by atoms with Crippen molar-refractivity contribution in [1.29, 1.82) is 0 Å². The standard InChI is InChI=1S/C25H33N7/c1-18-15-31(24-8-7-23(26)25-22(24)4-3-9-28-25)16-19(2)32(18)17-20-5-6-21(14-29-20)30-12-10-27-11-13-30/h3-9,14,18-19,27H,10-13,15-17,26H2,1-2H3/t18-,19+. The van der Waals surface area contributed by atoms with Gasteiger partial charge in [-0.05, 0) is 50.2 Å². The Hall–Kier alpha value is -2.90. The molecule has 0 radical (unpaired) electrons. The van der Waals surface area contributed by atoms with Gasteiger partial charge in [0.2, 0.25) is 0 Å². The lowest BCUT2D eigenvalue weighted by molar-refractivity contribution is 0.121. The zero-order valence-corrected chi connectivity index (χ0v) is 19.0. The summed E-state index contributed by atoms with van der Waals surface area (Å²) in [6.07, 6.45) is 3.85. The van der Waals surface area contributed by atoms with E-state index in [1.165, 1.54) is 11.4 Å². The highest BCUT2D eigenvalue weighted by Crippen LogP contribution is 2.32. The van der Waals surface area contributed by atoms with Gasteiger partial charge in [-0.1, -0.05) is 0 Å². The van der Waals surface area contributed by atoms with Gasteiger partial charge in [0.25, 0.3) is 0 Å². The highest BCUT2D eigenvalue weighted by molar-refractivity contribution is 5.98. The molecule has 2 saturated heterocycles. The maximum Gasteiger partial charge on any atom is 0.0951 e. The Morgan fingerprint density at radius 1 is 0.969 bits per heavy atom. The molecular formula is C25H33N7. The summed E-state index contributed by atoms with van der Waals surface area (Å²) in [4.78, 5) is 16.8. The van der Waals surface area contributed by atoms with Crippen LogP contribution in [0.15, 0.2) is 48.8 Å². The summed E-state index contributed by atoms with van der Waals surface area (Å²) in [6, 6.07) is 13.5. The smallest absolute Gasteiger partial charge is 0.0951 e. The molecule has 0 bridgehead atoms. The Bertz CT molecular complexity index is 1050. The van der Waals surface area contributed by atoms with Crippen LogP contribution >= 0.6 is 0 Å². The Morgan fingerprint density at radius 3 is 2.47 bits per heavy atom. The third-order valence-corrected chi connectivity index (χ3v) is 6.86. The van der Waals surface area contributed by atoms with Crippen LogP contribution in [0.25, 0.3) is 10.9 Å². The van der Waals surface area contributed by atoms with Gasteiger partial charge < -0.3 is 20.9 Å². The molecule has 2 fully saturated rings. The highest BCUT2D eigenvalue weighted by atomic mass is 15.3. The van der Waals surface area contributed by atoms with E-state index in [0.717, 1.165) is 68.1 Å². The van der Waals surface area contributed by atoms with Crippen LogP contribution in [-0.2, 0) is 6.54 Å². The molecule has 1 aromatic carbocycles. The first-order valence-electron chi connectivity index (χ1n) is 11.6. The fraction of sp³-hybridized carbons (Fsp3) is 0.440. The highest BCUT2D eigenvalue weighted by Gasteiger charge is 2.30. The van der Waals surface area contributed by atoms with Crippen LogP contribution in [0.1, 0.15) is 19.5 Å². The lowest BCUT2D eigenvalue weighted by Gasteiger charge is -2.45. The second kappa shape index (κ2) is 8.92. The molecule has 0 aliphatic carbocycles. The molecule has 2 atom stereocenters. The number of hydrogen-bond donors (Lipinski definition) is 2. The van der Waals surface area contributed by atoms with Gasteiger partial charge in [-0.25, -0.2) is 0 Å². The average Bonchev–Trinajstić information content (AvgIpc) is 2.83. The molecule has 0 amide bonds. The monoisotopic (exact) mass is 431 g/mol. The second-order valence-electron chi connectivity index (χ2n) is 9.09. The summed E-state index contributed by atoms with van der Waals surface area (Å²) in [7, 11) is 0. The van der Waals surface area contributed by atoms with Crippen molar-refractivity contribution in [2.75, 3.05) is 54.8 Å². The Labute approximate surface area is 190 Å². The number of nitrogens with one attached hydrogen (secondary N) is 1. The zero-order chi connectivity index (χ0) is 22.1. The molecule has 4 heterocycles. The fourth-order valence-corrected chi connectivity index (χ4v) is 5.13. The van der Waals surface area contributed by atoms with Gasteiger partial charge in [0.1, 0.15) is 0 Å². The lowest BCUT2D eigenvalue weighted by atomic mass is 10.0. The molecule has 0 saturated carbocycles. The van der Waals surface area contributed by atoms with Gasteiger partial charge in [-0.3, -0.25) is 14.9 Å². The summed E-state index contributed by atoms with van der Waals surface area (Å²) >= 11 is 0. The first-order valence-corrected chi connectivity index (χ1v) is 11.6. The quantitative estimate of drug-likeness (QED) is 0.615. The maximum absolute atomic E-state index is 6.17. The van der Waals surface area contributed by atoms with E-state index in [9.17, 15) is 0 Å². The van der Waals surface area contributed by atoms with Gasteiger partial charge in [0.05, 0.1) is 28.8 Å². The first kappa shape index (κ1) is 21.0. The fourth-order valence-electron chi connectivity index (χ4n) is 5.13. The molecule has 5 rings (SSSR count). The normalized spacial score (nSPS) is 22.4. The Morgan fingerprint density at radius 2 is 1.75 bits per heavy atom. The molecule has 3 aromatic rings. The summed E-state index contributed by atoms with van der Waals surface area (Å²) in [5.74, 6) is 0. The molecule has 0 unspecified atom stereocenters. The van der Waals surface area contributed by atoms with E-state index in [1.54, 1.807) is 0 Å². The maximum atomic E-state index is 6.17. The minimum atomic E-state index is 0.415. The van der Waals surface area contributed by atoms with Crippen molar-refractivity contribution >= 4 is 28.0 Å². The van der Waals surface area contributed by atoms with E-state index in [2.05, 4.69) is 63.1 Å². The average molecular weight is 432 g/mol. The number of piperazine rings is 2. The Balaban J connectivity index is 1.29. The van der Waals surface area contributed by atoms with E-state index in [0.29, 0.717) is 12.1 Å². The van der Waals surface area contributed by atoms with E-state index in [4.69, 9.17) is 10.7 Å².